The van der Waals surface area contributed by atoms with Gasteiger partial charge in [0, 0.05) is 22.3 Å². The van der Waals surface area contributed by atoms with Crippen molar-refractivity contribution in [1.82, 2.24) is 10.2 Å². The lowest BCUT2D eigenvalue weighted by Crippen LogP contribution is -2.35. The topological polar surface area (TPSA) is 61.9 Å². The molecule has 1 fully saturated rings. The zero-order chi connectivity index (χ0) is 22.1. The number of rotatable bonds is 5. The molecule has 1 saturated heterocycles. The first-order chi connectivity index (χ1) is 14.9. The molecule has 6 nitrogen and oxygen atoms in total. The van der Waals surface area contributed by atoms with Crippen LogP contribution in [0.1, 0.15) is 39.1 Å². The smallest absolute Gasteiger partial charge is 0.342 e. The number of halogens is 3. The number of nitrogens with one attached hydrogen (secondary N) is 1. The molecule has 0 aromatic heterocycles. The Morgan fingerprint density at radius 1 is 1.19 bits per heavy atom. The summed E-state index contributed by atoms with van der Waals surface area (Å²) in [5, 5.41) is 2.62. The number of aryl methyl sites for hydroxylation is 1. The fourth-order valence-corrected chi connectivity index (χ4v) is 4.65. The van der Waals surface area contributed by atoms with E-state index in [1.807, 2.05) is 19.1 Å². The molecule has 4 rings (SSSR count). The maximum Gasteiger partial charge on any atom is 0.342 e. The molecule has 2 heterocycles. The first-order valence-corrected chi connectivity index (χ1v) is 11.2. The highest BCUT2D eigenvalue weighted by atomic mass is 127. The number of fused-ring (bicyclic) bond motifs is 1. The highest BCUT2D eigenvalue weighted by molar-refractivity contribution is 14.1. The van der Waals surface area contributed by atoms with E-state index >= 15 is 4.39 Å². The third kappa shape index (κ3) is 4.38. The molecule has 31 heavy (non-hydrogen) atoms. The van der Waals surface area contributed by atoms with Gasteiger partial charge in [0.1, 0.15) is 0 Å². The van der Waals surface area contributed by atoms with Gasteiger partial charge < -0.3 is 19.9 Å². The molecule has 0 spiro atoms. The van der Waals surface area contributed by atoms with Crippen molar-refractivity contribution in [1.29, 1.82) is 0 Å². The summed E-state index contributed by atoms with van der Waals surface area (Å²) in [6.07, 6.45) is 2.24. The molecule has 1 N–H and O–H groups in total. The summed E-state index contributed by atoms with van der Waals surface area (Å²) in [6.45, 7) is 4.49. The van der Waals surface area contributed by atoms with E-state index in [1.165, 1.54) is 4.90 Å². The van der Waals surface area contributed by atoms with Crippen LogP contribution in [0.2, 0.25) is 0 Å². The van der Waals surface area contributed by atoms with Crippen LogP contribution in [0.25, 0.3) is 0 Å². The molecule has 9 heteroatoms. The summed E-state index contributed by atoms with van der Waals surface area (Å²) in [5.74, 6) is -4.06. The average Bonchev–Trinajstić information content (AvgIpc) is 3.25. The fourth-order valence-electron chi connectivity index (χ4n) is 4.01. The van der Waals surface area contributed by atoms with E-state index in [4.69, 9.17) is 4.74 Å². The molecular formula is C22H22F2IN3O3. The quantitative estimate of drug-likeness (QED) is 0.459. The van der Waals surface area contributed by atoms with E-state index in [9.17, 15) is 14.0 Å². The molecule has 0 unspecified atom stereocenters. The molecule has 1 amide bonds. The number of carbonyl (C=O) groups is 2. The van der Waals surface area contributed by atoms with E-state index in [1.54, 1.807) is 6.07 Å². The van der Waals surface area contributed by atoms with Crippen molar-refractivity contribution in [2.75, 3.05) is 37.8 Å². The van der Waals surface area contributed by atoms with E-state index in [0.29, 0.717) is 18.8 Å². The Balaban J connectivity index is 1.64. The van der Waals surface area contributed by atoms with Crippen molar-refractivity contribution in [2.24, 2.45) is 0 Å². The lowest BCUT2D eigenvalue weighted by atomic mass is 10.0. The van der Waals surface area contributed by atoms with Crippen molar-refractivity contribution in [2.45, 2.75) is 19.8 Å². The lowest BCUT2D eigenvalue weighted by molar-refractivity contribution is 0.0491. The largest absolute Gasteiger partial charge is 0.440 e. The molecule has 2 aliphatic heterocycles. The predicted octanol–water partition coefficient (Wildman–Crippen LogP) is 3.97. The average molecular weight is 541 g/mol. The van der Waals surface area contributed by atoms with Gasteiger partial charge in [0.15, 0.2) is 18.4 Å². The molecule has 2 aromatic carbocycles. The minimum Gasteiger partial charge on any atom is -0.440 e. The van der Waals surface area contributed by atoms with E-state index in [-0.39, 0.29) is 18.0 Å². The summed E-state index contributed by atoms with van der Waals surface area (Å²) in [7, 11) is 0. The van der Waals surface area contributed by atoms with Crippen molar-refractivity contribution >= 4 is 45.8 Å². The Labute approximate surface area is 192 Å². The summed E-state index contributed by atoms with van der Waals surface area (Å²) < 4.78 is 36.3. The Kier molecular flexibility index (Phi) is 6.42. The van der Waals surface area contributed by atoms with Crippen LogP contribution in [-0.4, -0.2) is 49.7 Å². The van der Waals surface area contributed by atoms with Crippen LogP contribution in [0.15, 0.2) is 24.3 Å². The van der Waals surface area contributed by atoms with Crippen LogP contribution in [0.3, 0.4) is 0 Å². The lowest BCUT2D eigenvalue weighted by Gasteiger charge is -2.32. The molecule has 0 bridgehead atoms. The second-order valence-corrected chi connectivity index (χ2v) is 8.92. The van der Waals surface area contributed by atoms with Gasteiger partial charge in [0.2, 0.25) is 0 Å². The molecule has 2 aromatic rings. The number of anilines is 2. The maximum atomic E-state index is 15.2. The van der Waals surface area contributed by atoms with Crippen molar-refractivity contribution in [3.05, 3.63) is 56.2 Å². The zero-order valence-corrected chi connectivity index (χ0v) is 19.2. The highest BCUT2D eigenvalue weighted by Gasteiger charge is 2.34. The zero-order valence-electron chi connectivity index (χ0n) is 17.0. The number of carbonyl (C=O) groups excluding carboxylic acids is 2. The van der Waals surface area contributed by atoms with Gasteiger partial charge in [-0.05, 0) is 85.3 Å². The molecule has 0 saturated carbocycles. The SMILES string of the molecule is Cc1cc(I)ccc1N1COC(=O)c2cc(C(=O)NCCN3CCCC3)c(F)c(F)c21. The van der Waals surface area contributed by atoms with Gasteiger partial charge in [-0.1, -0.05) is 0 Å². The number of amides is 1. The Hall–Kier alpha value is -2.27. The van der Waals surface area contributed by atoms with Crippen LogP contribution in [0.4, 0.5) is 20.2 Å². The van der Waals surface area contributed by atoms with Crippen LogP contribution >= 0.6 is 22.6 Å². The molecule has 0 atom stereocenters. The number of cyclic esters (lactones) is 1. The number of nitrogens with zero attached hydrogens (tertiary/aromatic N) is 2. The van der Waals surface area contributed by atoms with Crippen LogP contribution in [-0.2, 0) is 4.74 Å². The third-order valence-electron chi connectivity index (χ3n) is 5.60. The van der Waals surface area contributed by atoms with Crippen LogP contribution in [0, 0.1) is 22.1 Å². The second kappa shape index (κ2) is 9.07. The fraction of sp³-hybridized carbons (Fsp3) is 0.364. The number of esters is 1. The van der Waals surface area contributed by atoms with Gasteiger partial charge in [-0.15, -0.1) is 0 Å². The molecular weight excluding hydrogens is 519 g/mol. The normalized spacial score (nSPS) is 16.3. The Morgan fingerprint density at radius 3 is 2.65 bits per heavy atom. The van der Waals surface area contributed by atoms with Crippen molar-refractivity contribution in [3.63, 3.8) is 0 Å². The van der Waals surface area contributed by atoms with Gasteiger partial charge in [0.25, 0.3) is 5.91 Å². The number of likely N-dealkylation sites (tertiary alicyclic amines) is 1. The predicted molar refractivity (Wildman–Crippen MR) is 121 cm³/mol. The number of benzene rings is 2. The Morgan fingerprint density at radius 2 is 1.94 bits per heavy atom. The number of ether oxygens (including phenoxy) is 1. The standard InChI is InChI=1S/C22H22F2IN3O3/c1-13-10-14(25)4-5-17(13)28-12-31-22(30)16-11-15(18(23)19(24)20(16)28)21(29)26-6-9-27-7-2-3-8-27/h4-5,10-11H,2-3,6-9,12H2,1H3,(H,26,29). The molecule has 2 aliphatic rings. The van der Waals surface area contributed by atoms with Gasteiger partial charge >= 0.3 is 5.97 Å². The maximum absolute atomic E-state index is 15.2. The first-order valence-electron chi connectivity index (χ1n) is 10.1. The van der Waals surface area contributed by atoms with Gasteiger partial charge in [-0.3, -0.25) is 4.79 Å². The minimum absolute atomic E-state index is 0.173. The minimum atomic E-state index is -1.28. The number of hydrogen-bond donors (Lipinski definition) is 1. The van der Waals surface area contributed by atoms with Crippen LogP contribution in [0.5, 0.6) is 0 Å². The molecule has 164 valence electrons. The molecule has 0 aliphatic carbocycles. The van der Waals surface area contributed by atoms with Crippen molar-refractivity contribution in [3.8, 4) is 0 Å². The van der Waals surface area contributed by atoms with Gasteiger partial charge in [-0.25, -0.2) is 13.6 Å². The monoisotopic (exact) mass is 541 g/mol. The van der Waals surface area contributed by atoms with Gasteiger partial charge in [0.05, 0.1) is 16.8 Å². The van der Waals surface area contributed by atoms with Crippen LogP contribution < -0.4 is 10.2 Å². The first kappa shape index (κ1) is 21.9. The summed E-state index contributed by atoms with van der Waals surface area (Å²) >= 11 is 2.16. The van der Waals surface area contributed by atoms with Crippen molar-refractivity contribution < 1.29 is 23.1 Å². The Bertz CT molecular complexity index is 1040. The summed E-state index contributed by atoms with van der Waals surface area (Å²) in [5.41, 5.74) is 0.518. The highest BCUT2D eigenvalue weighted by Crippen LogP contribution is 2.38. The molecule has 0 radical (unpaired) electrons. The van der Waals surface area contributed by atoms with E-state index in [0.717, 1.165) is 41.1 Å². The van der Waals surface area contributed by atoms with Gasteiger partial charge in [-0.2, -0.15) is 0 Å². The number of hydrogen-bond acceptors (Lipinski definition) is 5. The third-order valence-corrected chi connectivity index (χ3v) is 6.27. The second-order valence-electron chi connectivity index (χ2n) is 7.67. The van der Waals surface area contributed by atoms with E-state index in [2.05, 4.69) is 32.8 Å². The summed E-state index contributed by atoms with van der Waals surface area (Å²) in [4.78, 5) is 28.5. The summed E-state index contributed by atoms with van der Waals surface area (Å²) in [6, 6.07) is 6.56. The van der Waals surface area contributed by atoms with E-state index < -0.39 is 29.1 Å².